The second-order valence-electron chi connectivity index (χ2n) is 5.53. The molecular weight excluding hydrogens is 284 g/mol. The Bertz CT molecular complexity index is 470. The van der Waals surface area contributed by atoms with Crippen molar-refractivity contribution in [2.75, 3.05) is 25.9 Å². The first-order valence-electron chi connectivity index (χ1n) is 7.59. The minimum atomic E-state index is 0.663. The third-order valence-electron chi connectivity index (χ3n) is 3.79. The van der Waals surface area contributed by atoms with Gasteiger partial charge in [0.1, 0.15) is 6.33 Å². The summed E-state index contributed by atoms with van der Waals surface area (Å²) in [5.41, 5.74) is 0. The summed E-state index contributed by atoms with van der Waals surface area (Å²) in [7, 11) is 1.85. The van der Waals surface area contributed by atoms with Gasteiger partial charge in [-0.25, -0.2) is 0 Å². The van der Waals surface area contributed by atoms with E-state index in [9.17, 15) is 0 Å². The Morgan fingerprint density at radius 3 is 3.05 bits per heavy atom. The first-order chi connectivity index (χ1) is 10.2. The number of nitrogens with one attached hydrogen (secondary N) is 1. The lowest BCUT2D eigenvalue weighted by Crippen LogP contribution is -2.48. The molecule has 1 aromatic heterocycles. The molecule has 1 unspecified atom stereocenters. The highest BCUT2D eigenvalue weighted by Gasteiger charge is 2.24. The lowest BCUT2D eigenvalue weighted by molar-refractivity contribution is 0.380. The predicted octanol–water partition coefficient (Wildman–Crippen LogP) is 1.45. The molecule has 0 bridgehead atoms. The van der Waals surface area contributed by atoms with Crippen LogP contribution in [-0.4, -0.2) is 56.8 Å². The fraction of sp³-hybridized carbons (Fsp3) is 0.786. The molecule has 6 nitrogen and oxygen atoms in total. The molecule has 1 aromatic rings. The van der Waals surface area contributed by atoms with Gasteiger partial charge in [0.15, 0.2) is 11.8 Å². The van der Waals surface area contributed by atoms with E-state index in [2.05, 4.69) is 57.9 Å². The van der Waals surface area contributed by atoms with Crippen molar-refractivity contribution >= 4 is 17.7 Å². The molecule has 0 saturated carbocycles. The molecule has 1 aliphatic rings. The third kappa shape index (κ3) is 4.12. The Hall–Kier alpha value is -1.24. The summed E-state index contributed by atoms with van der Waals surface area (Å²) in [6, 6.07) is 0. The number of aryl methyl sites for hydroxylation is 1. The molecule has 1 aliphatic heterocycles. The van der Waals surface area contributed by atoms with Crippen LogP contribution in [0.3, 0.4) is 0 Å². The summed E-state index contributed by atoms with van der Waals surface area (Å²) in [5, 5.41) is 12.2. The van der Waals surface area contributed by atoms with Crippen LogP contribution in [0.2, 0.25) is 0 Å². The molecule has 1 N–H and O–H groups in total. The molecule has 7 heteroatoms. The molecule has 0 amide bonds. The van der Waals surface area contributed by atoms with Gasteiger partial charge in [0.2, 0.25) is 0 Å². The molecule has 1 atom stereocenters. The lowest BCUT2D eigenvalue weighted by Gasteiger charge is -2.36. The Morgan fingerprint density at radius 1 is 1.57 bits per heavy atom. The van der Waals surface area contributed by atoms with Crippen LogP contribution in [0.15, 0.2) is 11.3 Å². The summed E-state index contributed by atoms with van der Waals surface area (Å²) in [5.74, 6) is 3.77. The Labute approximate surface area is 131 Å². The van der Waals surface area contributed by atoms with Crippen LogP contribution in [0.5, 0.6) is 0 Å². The zero-order valence-electron chi connectivity index (χ0n) is 13.4. The first-order valence-corrected chi connectivity index (χ1v) is 8.64. The van der Waals surface area contributed by atoms with Crippen LogP contribution < -0.4 is 5.32 Å². The molecule has 0 spiro atoms. The van der Waals surface area contributed by atoms with Gasteiger partial charge >= 0.3 is 0 Å². The number of guanidine groups is 1. The van der Waals surface area contributed by atoms with Crippen molar-refractivity contribution < 1.29 is 0 Å². The highest BCUT2D eigenvalue weighted by atomic mass is 32.2. The number of hydrogen-bond acceptors (Lipinski definition) is 4. The molecule has 0 radical (unpaired) electrons. The monoisotopic (exact) mass is 310 g/mol. The van der Waals surface area contributed by atoms with E-state index < -0.39 is 0 Å². The molecule has 2 rings (SSSR count). The van der Waals surface area contributed by atoms with E-state index in [1.807, 2.05) is 11.6 Å². The number of rotatable bonds is 4. The number of nitrogens with zero attached hydrogens (tertiary/aromatic N) is 5. The normalized spacial score (nSPS) is 20.1. The van der Waals surface area contributed by atoms with E-state index in [0.29, 0.717) is 17.7 Å². The minimum absolute atomic E-state index is 0.663. The molecule has 1 fully saturated rings. The number of hydrogen-bond donors (Lipinski definition) is 1. The topological polar surface area (TPSA) is 58.3 Å². The second-order valence-corrected chi connectivity index (χ2v) is 6.88. The predicted molar refractivity (Wildman–Crippen MR) is 88.6 cm³/mol. The van der Waals surface area contributed by atoms with Crippen LogP contribution >= 0.6 is 11.8 Å². The smallest absolute Gasteiger partial charge is 0.194 e. The number of thioether (sulfide) groups is 1. The second kappa shape index (κ2) is 7.68. The molecule has 118 valence electrons. The van der Waals surface area contributed by atoms with Crippen molar-refractivity contribution in [1.29, 1.82) is 0 Å². The van der Waals surface area contributed by atoms with Crippen LogP contribution in [0.1, 0.15) is 26.6 Å². The standard InChI is InChI=1S/C14H26N6S/c1-5-19-10-17-18-13(19)8-16-14(15-4)20-6-7-21-12(9-20)11(2)3/h10-12H,5-9H2,1-4H3,(H,15,16). The number of aromatic nitrogens is 3. The lowest BCUT2D eigenvalue weighted by atomic mass is 10.1. The average molecular weight is 310 g/mol. The van der Waals surface area contributed by atoms with Gasteiger partial charge in [-0.2, -0.15) is 11.8 Å². The molecule has 2 heterocycles. The summed E-state index contributed by atoms with van der Waals surface area (Å²) in [6.45, 7) is 10.3. The van der Waals surface area contributed by atoms with Crippen molar-refractivity contribution in [3.05, 3.63) is 12.2 Å². The molecule has 1 saturated heterocycles. The average Bonchev–Trinajstić information content (AvgIpc) is 2.95. The Kier molecular flexibility index (Phi) is 5.90. The SMILES string of the molecule is CCn1cnnc1CNC(=NC)N1CCSC(C(C)C)C1. The van der Waals surface area contributed by atoms with E-state index in [1.165, 1.54) is 0 Å². The molecular formula is C14H26N6S. The van der Waals surface area contributed by atoms with Crippen molar-refractivity contribution in [3.63, 3.8) is 0 Å². The summed E-state index contributed by atoms with van der Waals surface area (Å²) in [6.07, 6.45) is 1.77. The zero-order chi connectivity index (χ0) is 15.2. The van der Waals surface area contributed by atoms with Crippen molar-refractivity contribution in [3.8, 4) is 0 Å². The van der Waals surface area contributed by atoms with Gasteiger partial charge in [0, 0.05) is 37.7 Å². The van der Waals surface area contributed by atoms with Crippen LogP contribution in [0.25, 0.3) is 0 Å². The van der Waals surface area contributed by atoms with Gasteiger partial charge in [-0.1, -0.05) is 13.8 Å². The molecule has 0 aliphatic carbocycles. The van der Waals surface area contributed by atoms with Crippen molar-refractivity contribution in [1.82, 2.24) is 25.0 Å². The van der Waals surface area contributed by atoms with Crippen molar-refractivity contribution in [2.45, 2.75) is 39.1 Å². The Morgan fingerprint density at radius 2 is 2.38 bits per heavy atom. The maximum Gasteiger partial charge on any atom is 0.194 e. The van der Waals surface area contributed by atoms with E-state index >= 15 is 0 Å². The van der Waals surface area contributed by atoms with E-state index in [4.69, 9.17) is 0 Å². The van der Waals surface area contributed by atoms with Gasteiger partial charge in [-0.3, -0.25) is 4.99 Å². The third-order valence-corrected chi connectivity index (χ3v) is 5.33. The maximum absolute atomic E-state index is 4.43. The van der Waals surface area contributed by atoms with E-state index in [-0.39, 0.29) is 0 Å². The quantitative estimate of drug-likeness (QED) is 0.674. The number of aliphatic imine (C=N–C) groups is 1. The van der Waals surface area contributed by atoms with Gasteiger partial charge in [0.25, 0.3) is 0 Å². The molecule has 21 heavy (non-hydrogen) atoms. The maximum atomic E-state index is 4.43. The highest BCUT2D eigenvalue weighted by Crippen LogP contribution is 2.24. The largest absolute Gasteiger partial charge is 0.349 e. The fourth-order valence-corrected chi connectivity index (χ4v) is 3.74. The molecule has 0 aromatic carbocycles. The Balaban J connectivity index is 1.94. The van der Waals surface area contributed by atoms with Crippen LogP contribution in [0, 0.1) is 5.92 Å². The van der Waals surface area contributed by atoms with E-state index in [1.54, 1.807) is 6.33 Å². The summed E-state index contributed by atoms with van der Waals surface area (Å²) < 4.78 is 2.04. The van der Waals surface area contributed by atoms with Gasteiger partial charge in [-0.05, 0) is 12.8 Å². The van der Waals surface area contributed by atoms with Crippen molar-refractivity contribution in [2.24, 2.45) is 10.9 Å². The van der Waals surface area contributed by atoms with E-state index in [0.717, 1.165) is 37.2 Å². The van der Waals surface area contributed by atoms with Gasteiger partial charge in [0.05, 0.1) is 6.54 Å². The van der Waals surface area contributed by atoms with Crippen LogP contribution in [0.4, 0.5) is 0 Å². The first kappa shape index (κ1) is 16.1. The summed E-state index contributed by atoms with van der Waals surface area (Å²) >= 11 is 2.07. The van der Waals surface area contributed by atoms with Gasteiger partial charge in [-0.15, -0.1) is 10.2 Å². The zero-order valence-corrected chi connectivity index (χ0v) is 14.2. The minimum Gasteiger partial charge on any atom is -0.349 e. The van der Waals surface area contributed by atoms with Crippen LogP contribution in [-0.2, 0) is 13.1 Å². The van der Waals surface area contributed by atoms with Gasteiger partial charge < -0.3 is 14.8 Å². The summed E-state index contributed by atoms with van der Waals surface area (Å²) in [4.78, 5) is 6.78. The highest BCUT2D eigenvalue weighted by molar-refractivity contribution is 8.00. The fourth-order valence-electron chi connectivity index (χ4n) is 2.44.